The molecule has 0 fully saturated rings. The molecule has 1 rings (SSSR count). The minimum absolute atomic E-state index is 0.314. The van der Waals surface area contributed by atoms with E-state index in [2.05, 4.69) is 15.8 Å². The average Bonchev–Trinajstić information content (AvgIpc) is 2.19. The highest BCUT2D eigenvalue weighted by Gasteiger charge is 1.95. The number of thiocarbonyl (C=S) groups is 1. The molecule has 1 aromatic carbocycles. The Morgan fingerprint density at radius 1 is 1.38 bits per heavy atom. The van der Waals surface area contributed by atoms with Crippen molar-refractivity contribution in [3.05, 3.63) is 35.4 Å². The van der Waals surface area contributed by atoms with Crippen LogP contribution >= 0.6 is 12.2 Å². The van der Waals surface area contributed by atoms with Crippen LogP contribution in [0.3, 0.4) is 0 Å². The maximum Gasteiger partial charge on any atom is 0.187 e. The number of rotatable bonds is 3. The van der Waals surface area contributed by atoms with Crippen LogP contribution in [0.25, 0.3) is 0 Å². The Hall–Kier alpha value is -1.42. The number of aryl methyl sites for hydroxylation is 1. The summed E-state index contributed by atoms with van der Waals surface area (Å²) in [6.45, 7) is 6.10. The SMILES string of the molecule is Cc1ccccc1/C=N\NC(=S)NC(C)C. The standard InChI is InChI=1S/C12H17N3S/c1-9(2)14-12(16)15-13-8-11-7-5-4-6-10(11)3/h4-9H,1-3H3,(H2,14,15,16)/b13-8-. The number of hydrogen-bond acceptors (Lipinski definition) is 2. The molecule has 0 aromatic heterocycles. The highest BCUT2D eigenvalue weighted by Crippen LogP contribution is 2.02. The summed E-state index contributed by atoms with van der Waals surface area (Å²) in [5.41, 5.74) is 5.06. The van der Waals surface area contributed by atoms with Gasteiger partial charge >= 0.3 is 0 Å². The van der Waals surface area contributed by atoms with E-state index in [1.807, 2.05) is 45.0 Å². The number of nitrogens with one attached hydrogen (secondary N) is 2. The maximum absolute atomic E-state index is 5.04. The first-order valence-corrected chi connectivity index (χ1v) is 5.65. The average molecular weight is 235 g/mol. The van der Waals surface area contributed by atoms with Crippen LogP contribution in [0.15, 0.2) is 29.4 Å². The molecule has 4 heteroatoms. The van der Waals surface area contributed by atoms with Gasteiger partial charge in [0.2, 0.25) is 0 Å². The van der Waals surface area contributed by atoms with Gasteiger partial charge in [-0.05, 0) is 44.1 Å². The van der Waals surface area contributed by atoms with Gasteiger partial charge in [-0.15, -0.1) is 0 Å². The van der Waals surface area contributed by atoms with Crippen molar-refractivity contribution < 1.29 is 0 Å². The minimum atomic E-state index is 0.314. The van der Waals surface area contributed by atoms with E-state index in [1.54, 1.807) is 6.21 Å². The zero-order valence-electron chi connectivity index (χ0n) is 9.82. The van der Waals surface area contributed by atoms with Crippen molar-refractivity contribution in [3.8, 4) is 0 Å². The fraction of sp³-hybridized carbons (Fsp3) is 0.333. The molecule has 0 aliphatic heterocycles. The van der Waals surface area contributed by atoms with Gasteiger partial charge in [-0.3, -0.25) is 5.43 Å². The van der Waals surface area contributed by atoms with E-state index in [9.17, 15) is 0 Å². The summed E-state index contributed by atoms with van der Waals surface area (Å²) in [5, 5.41) is 7.67. The smallest absolute Gasteiger partial charge is 0.187 e. The molecule has 2 N–H and O–H groups in total. The molecule has 0 unspecified atom stereocenters. The van der Waals surface area contributed by atoms with Crippen molar-refractivity contribution in [1.82, 2.24) is 10.7 Å². The van der Waals surface area contributed by atoms with Crippen molar-refractivity contribution in [2.24, 2.45) is 5.10 Å². The number of nitrogens with zero attached hydrogens (tertiary/aromatic N) is 1. The summed E-state index contributed by atoms with van der Waals surface area (Å²) in [6.07, 6.45) is 1.77. The normalized spacial score (nSPS) is 10.8. The summed E-state index contributed by atoms with van der Waals surface area (Å²) in [5.74, 6) is 0. The summed E-state index contributed by atoms with van der Waals surface area (Å²) in [6, 6.07) is 8.36. The quantitative estimate of drug-likeness (QED) is 0.479. The van der Waals surface area contributed by atoms with Gasteiger partial charge in [0.25, 0.3) is 0 Å². The Bertz CT molecular complexity index is 386. The molecule has 0 radical (unpaired) electrons. The second-order valence-corrected chi connectivity index (χ2v) is 4.26. The zero-order valence-corrected chi connectivity index (χ0v) is 10.6. The highest BCUT2D eigenvalue weighted by molar-refractivity contribution is 7.80. The summed E-state index contributed by atoms with van der Waals surface area (Å²) in [7, 11) is 0. The van der Waals surface area contributed by atoms with E-state index in [-0.39, 0.29) is 0 Å². The van der Waals surface area contributed by atoms with Gasteiger partial charge in [0, 0.05) is 6.04 Å². The molecule has 0 aliphatic carbocycles. The van der Waals surface area contributed by atoms with Gasteiger partial charge in [0.05, 0.1) is 6.21 Å². The lowest BCUT2D eigenvalue weighted by atomic mass is 10.1. The van der Waals surface area contributed by atoms with E-state index < -0.39 is 0 Å². The highest BCUT2D eigenvalue weighted by atomic mass is 32.1. The second-order valence-electron chi connectivity index (χ2n) is 3.85. The number of benzene rings is 1. The van der Waals surface area contributed by atoms with Crippen LogP contribution in [0, 0.1) is 6.92 Å². The third-order valence-electron chi connectivity index (χ3n) is 1.98. The van der Waals surface area contributed by atoms with Crippen molar-refractivity contribution in [1.29, 1.82) is 0 Å². The fourth-order valence-electron chi connectivity index (χ4n) is 1.19. The van der Waals surface area contributed by atoms with Gasteiger partial charge in [-0.2, -0.15) is 5.10 Å². The lowest BCUT2D eigenvalue weighted by Gasteiger charge is -2.09. The van der Waals surface area contributed by atoms with Crippen LogP contribution < -0.4 is 10.7 Å². The first kappa shape index (κ1) is 12.6. The number of hydrogen-bond donors (Lipinski definition) is 2. The molecule has 0 aliphatic rings. The Labute approximate surface area is 102 Å². The molecule has 0 atom stereocenters. The van der Waals surface area contributed by atoms with Gasteiger partial charge in [-0.25, -0.2) is 0 Å². The van der Waals surface area contributed by atoms with E-state index in [1.165, 1.54) is 5.56 Å². The van der Waals surface area contributed by atoms with Gasteiger partial charge < -0.3 is 5.32 Å². The molecule has 16 heavy (non-hydrogen) atoms. The molecule has 0 bridgehead atoms. The molecule has 0 heterocycles. The van der Waals surface area contributed by atoms with Gasteiger partial charge in [0.1, 0.15) is 0 Å². The molecule has 0 saturated carbocycles. The van der Waals surface area contributed by atoms with Crippen LogP contribution in [0.1, 0.15) is 25.0 Å². The Morgan fingerprint density at radius 3 is 2.69 bits per heavy atom. The van der Waals surface area contributed by atoms with E-state index in [0.29, 0.717) is 11.2 Å². The van der Waals surface area contributed by atoms with Gasteiger partial charge in [-0.1, -0.05) is 24.3 Å². The molecule has 3 nitrogen and oxygen atoms in total. The topological polar surface area (TPSA) is 36.4 Å². The Morgan fingerprint density at radius 2 is 2.06 bits per heavy atom. The van der Waals surface area contributed by atoms with Crippen LogP contribution in [0.4, 0.5) is 0 Å². The van der Waals surface area contributed by atoms with Crippen molar-refractivity contribution in [3.63, 3.8) is 0 Å². The largest absolute Gasteiger partial charge is 0.359 e. The monoisotopic (exact) mass is 235 g/mol. The summed E-state index contributed by atoms with van der Waals surface area (Å²) < 4.78 is 0. The zero-order chi connectivity index (χ0) is 12.0. The number of hydrazone groups is 1. The first-order valence-electron chi connectivity index (χ1n) is 5.25. The molecular formula is C12H17N3S. The molecule has 0 spiro atoms. The third-order valence-corrected chi connectivity index (χ3v) is 2.19. The lowest BCUT2D eigenvalue weighted by molar-refractivity contribution is 0.720. The Balaban J connectivity index is 2.49. The first-order chi connectivity index (χ1) is 7.59. The molecule has 86 valence electrons. The third kappa shape index (κ3) is 4.40. The van der Waals surface area contributed by atoms with Gasteiger partial charge in [0.15, 0.2) is 5.11 Å². The molecular weight excluding hydrogens is 218 g/mol. The van der Waals surface area contributed by atoms with E-state index in [0.717, 1.165) is 5.56 Å². The molecule has 1 aromatic rings. The van der Waals surface area contributed by atoms with Crippen LogP contribution in [0.2, 0.25) is 0 Å². The molecule has 0 amide bonds. The maximum atomic E-state index is 5.04. The minimum Gasteiger partial charge on any atom is -0.359 e. The lowest BCUT2D eigenvalue weighted by Crippen LogP contribution is -2.36. The predicted molar refractivity (Wildman–Crippen MR) is 72.8 cm³/mol. The van der Waals surface area contributed by atoms with Crippen LogP contribution in [-0.4, -0.2) is 17.4 Å². The second kappa shape index (κ2) is 6.23. The fourth-order valence-corrected chi connectivity index (χ4v) is 1.47. The van der Waals surface area contributed by atoms with Crippen molar-refractivity contribution in [2.45, 2.75) is 26.8 Å². The summed E-state index contributed by atoms with van der Waals surface area (Å²) >= 11 is 5.04. The van der Waals surface area contributed by atoms with Crippen LogP contribution in [0.5, 0.6) is 0 Å². The predicted octanol–water partition coefficient (Wildman–Crippen LogP) is 2.20. The van der Waals surface area contributed by atoms with Crippen LogP contribution in [-0.2, 0) is 0 Å². The Kier molecular flexibility index (Phi) is 4.92. The summed E-state index contributed by atoms with van der Waals surface area (Å²) in [4.78, 5) is 0. The van der Waals surface area contributed by atoms with Crippen molar-refractivity contribution >= 4 is 23.5 Å². The van der Waals surface area contributed by atoms with Crippen molar-refractivity contribution in [2.75, 3.05) is 0 Å². The molecule has 0 saturated heterocycles. The van der Waals surface area contributed by atoms with E-state index in [4.69, 9.17) is 12.2 Å². The van der Waals surface area contributed by atoms with E-state index >= 15 is 0 Å².